The zero-order valence-corrected chi connectivity index (χ0v) is 10.9. The van der Waals surface area contributed by atoms with Crippen LogP contribution in [0.1, 0.15) is 13.8 Å². The van der Waals surface area contributed by atoms with Gasteiger partial charge in [-0.2, -0.15) is 0 Å². The van der Waals surface area contributed by atoms with Gasteiger partial charge in [0.2, 0.25) is 0 Å². The van der Waals surface area contributed by atoms with Crippen molar-refractivity contribution in [3.05, 3.63) is 35.9 Å². The lowest BCUT2D eigenvalue weighted by molar-refractivity contribution is -0.136. The predicted molar refractivity (Wildman–Crippen MR) is 68.9 cm³/mol. The molecule has 18 heavy (non-hydrogen) atoms. The molecule has 0 fully saturated rings. The number of hydrogen-bond acceptors (Lipinski definition) is 4. The van der Waals surface area contributed by atoms with Crippen LogP contribution in [0.15, 0.2) is 35.9 Å². The van der Waals surface area contributed by atoms with Crippen molar-refractivity contribution in [1.82, 2.24) is 0 Å². The highest BCUT2D eigenvalue weighted by molar-refractivity contribution is 5.87. The number of carbonyl (C=O) groups excluding carboxylic acids is 1. The molecule has 0 spiro atoms. The number of hydrogen-bond donors (Lipinski definition) is 0. The van der Waals surface area contributed by atoms with Gasteiger partial charge in [-0.25, -0.2) is 4.79 Å². The summed E-state index contributed by atoms with van der Waals surface area (Å²) in [6.07, 6.45) is 1.68. The minimum absolute atomic E-state index is 0.328. The lowest BCUT2D eigenvalue weighted by Gasteiger charge is -2.06. The number of carbonyl (C=O) groups is 1. The van der Waals surface area contributed by atoms with Crippen LogP contribution in [0.3, 0.4) is 0 Å². The average Bonchev–Trinajstić information content (AvgIpc) is 2.40. The highest BCUT2D eigenvalue weighted by Crippen LogP contribution is 2.17. The molecule has 0 aliphatic rings. The van der Waals surface area contributed by atoms with Crippen molar-refractivity contribution in [2.75, 3.05) is 20.3 Å². The van der Waals surface area contributed by atoms with Gasteiger partial charge in [-0.15, -0.1) is 0 Å². The predicted octanol–water partition coefficient (Wildman–Crippen LogP) is 2.58. The summed E-state index contributed by atoms with van der Waals surface area (Å²) < 4.78 is 15.4. The average molecular weight is 250 g/mol. The van der Waals surface area contributed by atoms with Crippen LogP contribution in [0.5, 0.6) is 11.5 Å². The molecular weight excluding hydrogens is 232 g/mol. The van der Waals surface area contributed by atoms with Gasteiger partial charge in [0.1, 0.15) is 18.1 Å². The van der Waals surface area contributed by atoms with Crippen molar-refractivity contribution in [3.63, 3.8) is 0 Å². The molecule has 0 heterocycles. The van der Waals surface area contributed by atoms with Crippen LogP contribution in [0.25, 0.3) is 0 Å². The molecule has 1 rings (SSSR count). The molecule has 1 aromatic rings. The van der Waals surface area contributed by atoms with Crippen LogP contribution < -0.4 is 9.47 Å². The first-order chi connectivity index (χ1) is 8.67. The van der Waals surface area contributed by atoms with Crippen LogP contribution >= 0.6 is 0 Å². The number of benzene rings is 1. The summed E-state index contributed by atoms with van der Waals surface area (Å²) in [4.78, 5) is 11.1. The zero-order valence-electron chi connectivity index (χ0n) is 10.9. The van der Waals surface area contributed by atoms with E-state index in [2.05, 4.69) is 4.74 Å². The Kier molecular flexibility index (Phi) is 5.77. The first kappa shape index (κ1) is 14.1. The molecule has 0 N–H and O–H groups in total. The summed E-state index contributed by atoms with van der Waals surface area (Å²) in [5.74, 6) is 1.20. The van der Waals surface area contributed by atoms with Crippen molar-refractivity contribution in [3.8, 4) is 11.5 Å². The second kappa shape index (κ2) is 7.37. The van der Waals surface area contributed by atoms with E-state index < -0.39 is 0 Å². The fourth-order valence-electron chi connectivity index (χ4n) is 1.31. The molecule has 0 aliphatic heterocycles. The van der Waals surface area contributed by atoms with Gasteiger partial charge in [-0.3, -0.25) is 0 Å². The minimum atomic E-state index is -0.342. The largest absolute Gasteiger partial charge is 0.494 e. The lowest BCUT2D eigenvalue weighted by Crippen LogP contribution is -2.04. The van der Waals surface area contributed by atoms with E-state index in [1.54, 1.807) is 13.0 Å². The lowest BCUT2D eigenvalue weighted by atomic mass is 10.3. The summed E-state index contributed by atoms with van der Waals surface area (Å²) in [6.45, 7) is 4.59. The summed E-state index contributed by atoms with van der Waals surface area (Å²) in [7, 11) is 1.35. The number of methoxy groups -OCH3 is 1. The van der Waals surface area contributed by atoms with Crippen molar-refractivity contribution in [2.24, 2.45) is 0 Å². The minimum Gasteiger partial charge on any atom is -0.494 e. The molecule has 0 radical (unpaired) electrons. The molecule has 0 saturated carbocycles. The Bertz CT molecular complexity index is 406. The van der Waals surface area contributed by atoms with Crippen molar-refractivity contribution >= 4 is 5.97 Å². The van der Waals surface area contributed by atoms with E-state index >= 15 is 0 Å². The Balaban J connectivity index is 2.46. The summed E-state index contributed by atoms with van der Waals surface area (Å²) in [5.41, 5.74) is 0.531. The van der Waals surface area contributed by atoms with Gasteiger partial charge in [0.25, 0.3) is 0 Å². The summed E-state index contributed by atoms with van der Waals surface area (Å²) in [6, 6.07) is 7.34. The van der Waals surface area contributed by atoms with Gasteiger partial charge >= 0.3 is 5.97 Å². The van der Waals surface area contributed by atoms with Crippen LogP contribution in [0, 0.1) is 0 Å². The van der Waals surface area contributed by atoms with E-state index in [4.69, 9.17) is 9.47 Å². The molecule has 0 atom stereocenters. The Labute approximate surface area is 107 Å². The van der Waals surface area contributed by atoms with Crippen molar-refractivity contribution in [2.45, 2.75) is 13.8 Å². The molecule has 98 valence electrons. The molecule has 0 aliphatic carbocycles. The fraction of sp³-hybridized carbons (Fsp3) is 0.357. The Morgan fingerprint density at radius 2 is 1.72 bits per heavy atom. The van der Waals surface area contributed by atoms with Crippen molar-refractivity contribution < 1.29 is 19.0 Å². The molecule has 0 unspecified atom stereocenters. The Morgan fingerprint density at radius 1 is 1.17 bits per heavy atom. The Hall–Kier alpha value is -1.97. The normalized spacial score (nSPS) is 10.9. The maximum absolute atomic E-state index is 11.1. The number of rotatable bonds is 6. The second-order valence-electron chi connectivity index (χ2n) is 3.59. The highest BCUT2D eigenvalue weighted by atomic mass is 16.5. The maximum Gasteiger partial charge on any atom is 0.333 e. The topological polar surface area (TPSA) is 44.8 Å². The molecule has 0 amide bonds. The number of ether oxygens (including phenoxy) is 3. The van der Waals surface area contributed by atoms with Crippen LogP contribution in [0.4, 0.5) is 0 Å². The Morgan fingerprint density at radius 3 is 2.22 bits per heavy atom. The summed E-state index contributed by atoms with van der Waals surface area (Å²) in [5, 5.41) is 0. The quantitative estimate of drug-likeness (QED) is 0.575. The van der Waals surface area contributed by atoms with E-state index in [9.17, 15) is 4.79 Å². The van der Waals surface area contributed by atoms with Gasteiger partial charge in [0, 0.05) is 5.57 Å². The van der Waals surface area contributed by atoms with E-state index in [1.165, 1.54) is 7.11 Å². The van der Waals surface area contributed by atoms with Gasteiger partial charge in [-0.1, -0.05) is 0 Å². The highest BCUT2D eigenvalue weighted by Gasteiger charge is 2.02. The third-order valence-corrected chi connectivity index (χ3v) is 2.28. The molecule has 4 nitrogen and oxygen atoms in total. The third-order valence-electron chi connectivity index (χ3n) is 2.28. The molecule has 0 bridgehead atoms. The van der Waals surface area contributed by atoms with Gasteiger partial charge in [-0.05, 0) is 44.2 Å². The SMILES string of the molecule is CCOc1ccc(OCC=C(C)C(=O)OC)cc1. The fourth-order valence-corrected chi connectivity index (χ4v) is 1.31. The van der Waals surface area contributed by atoms with Gasteiger partial charge < -0.3 is 14.2 Å². The standard InChI is InChI=1S/C14H18O4/c1-4-17-12-5-7-13(8-6-12)18-10-9-11(2)14(15)16-3/h5-9H,4,10H2,1-3H3. The second-order valence-corrected chi connectivity index (χ2v) is 3.59. The van der Waals surface area contributed by atoms with E-state index in [-0.39, 0.29) is 5.97 Å². The smallest absolute Gasteiger partial charge is 0.333 e. The van der Waals surface area contributed by atoms with E-state index in [1.807, 2.05) is 31.2 Å². The van der Waals surface area contributed by atoms with Crippen LogP contribution in [-0.2, 0) is 9.53 Å². The monoisotopic (exact) mass is 250 g/mol. The first-order valence-electron chi connectivity index (χ1n) is 5.78. The number of esters is 1. The molecule has 0 aromatic heterocycles. The molecule has 0 saturated heterocycles. The zero-order chi connectivity index (χ0) is 13.4. The third kappa shape index (κ3) is 4.49. The van der Waals surface area contributed by atoms with Crippen molar-refractivity contribution in [1.29, 1.82) is 0 Å². The van der Waals surface area contributed by atoms with Crippen LogP contribution in [0.2, 0.25) is 0 Å². The van der Waals surface area contributed by atoms with E-state index in [0.717, 1.165) is 11.5 Å². The van der Waals surface area contributed by atoms with Crippen LogP contribution in [-0.4, -0.2) is 26.3 Å². The molecule has 4 heteroatoms. The van der Waals surface area contributed by atoms with E-state index in [0.29, 0.717) is 18.8 Å². The van der Waals surface area contributed by atoms with Gasteiger partial charge in [0.15, 0.2) is 0 Å². The van der Waals surface area contributed by atoms with Gasteiger partial charge in [0.05, 0.1) is 13.7 Å². The molecule has 1 aromatic carbocycles. The summed E-state index contributed by atoms with van der Waals surface area (Å²) >= 11 is 0. The molecular formula is C14H18O4. The first-order valence-corrected chi connectivity index (χ1v) is 5.78. The maximum atomic E-state index is 11.1.